The van der Waals surface area contributed by atoms with E-state index in [-0.39, 0.29) is 0 Å². The third-order valence-electron chi connectivity index (χ3n) is 2.97. The van der Waals surface area contributed by atoms with Crippen molar-refractivity contribution < 1.29 is 0 Å². The summed E-state index contributed by atoms with van der Waals surface area (Å²) in [6.45, 7) is 11.3. The SMILES string of the molecule is CCC(C)(C)C(N)CCC(C)C. The van der Waals surface area contributed by atoms with E-state index in [9.17, 15) is 0 Å². The minimum atomic E-state index is 0.314. The topological polar surface area (TPSA) is 26.0 Å². The highest BCUT2D eigenvalue weighted by molar-refractivity contribution is 4.79. The van der Waals surface area contributed by atoms with Crippen molar-refractivity contribution in [1.29, 1.82) is 0 Å². The molecule has 0 saturated heterocycles. The third kappa shape index (κ3) is 4.10. The van der Waals surface area contributed by atoms with Crippen molar-refractivity contribution in [2.24, 2.45) is 17.1 Å². The highest BCUT2D eigenvalue weighted by Crippen LogP contribution is 2.26. The second-order valence-electron chi connectivity index (χ2n) is 4.92. The van der Waals surface area contributed by atoms with Gasteiger partial charge in [0.1, 0.15) is 0 Å². The summed E-state index contributed by atoms with van der Waals surface area (Å²) in [6.07, 6.45) is 3.59. The minimum Gasteiger partial charge on any atom is -0.327 e. The summed E-state index contributed by atoms with van der Waals surface area (Å²) in [4.78, 5) is 0. The lowest BCUT2D eigenvalue weighted by atomic mass is 9.79. The molecule has 0 heterocycles. The molecule has 0 aliphatic rings. The summed E-state index contributed by atoms with van der Waals surface area (Å²) in [6, 6.07) is 0.366. The van der Waals surface area contributed by atoms with E-state index in [1.807, 2.05) is 0 Å². The first-order valence-electron chi connectivity index (χ1n) is 5.15. The molecule has 0 radical (unpaired) electrons. The average Bonchev–Trinajstić information content (AvgIpc) is 2.00. The van der Waals surface area contributed by atoms with Crippen molar-refractivity contribution in [2.45, 2.75) is 59.9 Å². The van der Waals surface area contributed by atoms with Gasteiger partial charge in [0.15, 0.2) is 0 Å². The van der Waals surface area contributed by atoms with Gasteiger partial charge in [-0.2, -0.15) is 0 Å². The Morgan fingerprint density at radius 2 is 1.67 bits per heavy atom. The molecule has 0 rings (SSSR count). The quantitative estimate of drug-likeness (QED) is 0.675. The molecule has 74 valence electrons. The normalized spacial score (nSPS) is 15.2. The predicted molar refractivity (Wildman–Crippen MR) is 56.1 cm³/mol. The highest BCUT2D eigenvalue weighted by Gasteiger charge is 2.23. The van der Waals surface area contributed by atoms with Crippen molar-refractivity contribution in [1.82, 2.24) is 0 Å². The van der Waals surface area contributed by atoms with Gasteiger partial charge in [-0.25, -0.2) is 0 Å². The molecule has 0 aromatic carbocycles. The fourth-order valence-electron chi connectivity index (χ4n) is 1.17. The lowest BCUT2D eigenvalue weighted by Crippen LogP contribution is -2.36. The van der Waals surface area contributed by atoms with Gasteiger partial charge in [-0.3, -0.25) is 0 Å². The zero-order valence-electron chi connectivity index (χ0n) is 9.35. The minimum absolute atomic E-state index is 0.314. The van der Waals surface area contributed by atoms with Gasteiger partial charge >= 0.3 is 0 Å². The van der Waals surface area contributed by atoms with E-state index in [4.69, 9.17) is 5.73 Å². The van der Waals surface area contributed by atoms with Crippen LogP contribution in [0.4, 0.5) is 0 Å². The van der Waals surface area contributed by atoms with Crippen LogP contribution in [-0.4, -0.2) is 6.04 Å². The number of hydrogen-bond donors (Lipinski definition) is 1. The first-order valence-corrected chi connectivity index (χ1v) is 5.15. The van der Waals surface area contributed by atoms with Crippen LogP contribution in [-0.2, 0) is 0 Å². The Labute approximate surface area is 77.7 Å². The van der Waals surface area contributed by atoms with E-state index < -0.39 is 0 Å². The van der Waals surface area contributed by atoms with Crippen LogP contribution in [0.15, 0.2) is 0 Å². The van der Waals surface area contributed by atoms with E-state index >= 15 is 0 Å². The van der Waals surface area contributed by atoms with Crippen LogP contribution in [0.1, 0.15) is 53.9 Å². The standard InChI is InChI=1S/C11H25N/c1-6-11(4,5)10(12)8-7-9(2)3/h9-10H,6-8,12H2,1-5H3. The Hall–Kier alpha value is -0.0400. The van der Waals surface area contributed by atoms with Crippen LogP contribution >= 0.6 is 0 Å². The molecule has 0 spiro atoms. The van der Waals surface area contributed by atoms with Gasteiger partial charge in [0.05, 0.1) is 0 Å². The second kappa shape index (κ2) is 4.86. The van der Waals surface area contributed by atoms with Gasteiger partial charge in [0, 0.05) is 6.04 Å². The maximum absolute atomic E-state index is 6.11. The molecule has 0 aliphatic heterocycles. The number of hydrogen-bond acceptors (Lipinski definition) is 1. The first-order chi connectivity index (χ1) is 5.40. The molecule has 0 saturated carbocycles. The van der Waals surface area contributed by atoms with Crippen molar-refractivity contribution in [3.8, 4) is 0 Å². The molecule has 0 bridgehead atoms. The van der Waals surface area contributed by atoms with Crippen LogP contribution in [0, 0.1) is 11.3 Å². The Kier molecular flexibility index (Phi) is 4.84. The summed E-state index contributed by atoms with van der Waals surface area (Å²) in [5.74, 6) is 0.781. The molecule has 0 aliphatic carbocycles. The Morgan fingerprint density at radius 1 is 1.17 bits per heavy atom. The van der Waals surface area contributed by atoms with Crippen LogP contribution in [0.2, 0.25) is 0 Å². The van der Waals surface area contributed by atoms with Crippen LogP contribution in [0.3, 0.4) is 0 Å². The van der Waals surface area contributed by atoms with Gasteiger partial charge in [0.2, 0.25) is 0 Å². The van der Waals surface area contributed by atoms with Crippen molar-refractivity contribution >= 4 is 0 Å². The van der Waals surface area contributed by atoms with Gasteiger partial charge in [-0.1, -0.05) is 34.6 Å². The van der Waals surface area contributed by atoms with Gasteiger partial charge in [-0.15, -0.1) is 0 Å². The molecule has 0 aromatic rings. The summed E-state index contributed by atoms with van der Waals surface area (Å²) < 4.78 is 0. The first kappa shape index (κ1) is 12.0. The Bertz CT molecular complexity index is 116. The second-order valence-corrected chi connectivity index (χ2v) is 4.92. The summed E-state index contributed by atoms with van der Waals surface area (Å²) in [5.41, 5.74) is 6.42. The average molecular weight is 171 g/mol. The number of nitrogens with two attached hydrogens (primary N) is 1. The zero-order valence-corrected chi connectivity index (χ0v) is 9.35. The molecular formula is C11H25N. The monoisotopic (exact) mass is 171 g/mol. The summed E-state index contributed by atoms with van der Waals surface area (Å²) in [5, 5.41) is 0. The van der Waals surface area contributed by atoms with Crippen LogP contribution in [0.5, 0.6) is 0 Å². The van der Waals surface area contributed by atoms with E-state index in [1.54, 1.807) is 0 Å². The van der Waals surface area contributed by atoms with Crippen molar-refractivity contribution in [3.63, 3.8) is 0 Å². The number of rotatable bonds is 5. The zero-order chi connectivity index (χ0) is 9.78. The van der Waals surface area contributed by atoms with E-state index in [0.717, 1.165) is 5.92 Å². The molecule has 1 heteroatoms. The third-order valence-corrected chi connectivity index (χ3v) is 2.97. The largest absolute Gasteiger partial charge is 0.327 e. The van der Waals surface area contributed by atoms with E-state index in [0.29, 0.717) is 11.5 Å². The molecule has 0 aromatic heterocycles. The molecule has 1 nitrogen and oxygen atoms in total. The molecule has 1 atom stereocenters. The molecule has 12 heavy (non-hydrogen) atoms. The lowest BCUT2D eigenvalue weighted by Gasteiger charge is -2.30. The maximum Gasteiger partial charge on any atom is 0.00902 e. The molecule has 2 N–H and O–H groups in total. The summed E-state index contributed by atoms with van der Waals surface area (Å²) >= 11 is 0. The predicted octanol–water partition coefficient (Wildman–Crippen LogP) is 3.19. The molecule has 1 unspecified atom stereocenters. The molecule has 0 fully saturated rings. The maximum atomic E-state index is 6.11. The molecule has 0 amide bonds. The Morgan fingerprint density at radius 3 is 2.00 bits per heavy atom. The summed E-state index contributed by atoms with van der Waals surface area (Å²) in [7, 11) is 0. The highest BCUT2D eigenvalue weighted by atomic mass is 14.7. The molecular weight excluding hydrogens is 146 g/mol. The van der Waals surface area contributed by atoms with Crippen molar-refractivity contribution in [3.05, 3.63) is 0 Å². The smallest absolute Gasteiger partial charge is 0.00902 e. The Balaban J connectivity index is 3.78. The van der Waals surface area contributed by atoms with Crippen molar-refractivity contribution in [2.75, 3.05) is 0 Å². The van der Waals surface area contributed by atoms with Gasteiger partial charge in [-0.05, 0) is 30.6 Å². The fraction of sp³-hybridized carbons (Fsp3) is 1.00. The van der Waals surface area contributed by atoms with E-state index in [2.05, 4.69) is 34.6 Å². The van der Waals surface area contributed by atoms with Gasteiger partial charge in [0.25, 0.3) is 0 Å². The fourth-order valence-corrected chi connectivity index (χ4v) is 1.17. The van der Waals surface area contributed by atoms with Crippen LogP contribution < -0.4 is 5.73 Å². The van der Waals surface area contributed by atoms with Gasteiger partial charge < -0.3 is 5.73 Å². The van der Waals surface area contributed by atoms with Crippen LogP contribution in [0.25, 0.3) is 0 Å². The van der Waals surface area contributed by atoms with E-state index in [1.165, 1.54) is 19.3 Å². The lowest BCUT2D eigenvalue weighted by molar-refractivity contribution is 0.252.